The first-order valence-corrected chi connectivity index (χ1v) is 7.26. The molecular weight excluding hydrogens is 266 g/mol. The predicted molar refractivity (Wildman–Crippen MR) is 80.7 cm³/mol. The Bertz CT molecular complexity index is 528. The van der Waals surface area contributed by atoms with E-state index < -0.39 is 0 Å². The van der Waals surface area contributed by atoms with Gasteiger partial charge in [-0.2, -0.15) is 0 Å². The second kappa shape index (κ2) is 5.88. The zero-order chi connectivity index (χ0) is 15.6. The molecule has 0 radical (unpaired) electrons. The minimum absolute atomic E-state index is 0.0188. The second-order valence-corrected chi connectivity index (χ2v) is 6.65. The van der Waals surface area contributed by atoms with E-state index in [1.807, 2.05) is 0 Å². The lowest BCUT2D eigenvalue weighted by Crippen LogP contribution is -2.26. The van der Waals surface area contributed by atoms with Crippen molar-refractivity contribution in [2.45, 2.75) is 39.2 Å². The van der Waals surface area contributed by atoms with Crippen molar-refractivity contribution in [1.29, 1.82) is 0 Å². The van der Waals surface area contributed by atoms with Gasteiger partial charge in [-0.1, -0.05) is 45.0 Å². The van der Waals surface area contributed by atoms with Gasteiger partial charge >= 0.3 is 5.97 Å². The molecule has 1 saturated heterocycles. The normalized spacial score (nSPS) is 19.0. The first kappa shape index (κ1) is 15.5. The predicted octanol–water partition coefficient (Wildman–Crippen LogP) is 2.51. The van der Waals surface area contributed by atoms with Crippen molar-refractivity contribution < 1.29 is 14.3 Å². The number of amides is 1. The van der Waals surface area contributed by atoms with Gasteiger partial charge in [0.1, 0.15) is 0 Å². The van der Waals surface area contributed by atoms with Crippen LogP contribution in [0.2, 0.25) is 0 Å². The van der Waals surface area contributed by atoms with E-state index in [1.165, 1.54) is 12.7 Å². The van der Waals surface area contributed by atoms with E-state index in [4.69, 9.17) is 4.74 Å². The molecule has 4 nitrogen and oxygen atoms in total. The van der Waals surface area contributed by atoms with E-state index in [1.54, 1.807) is 4.90 Å². The molecule has 1 unspecified atom stereocenters. The van der Waals surface area contributed by atoms with Crippen LogP contribution < -0.4 is 0 Å². The van der Waals surface area contributed by atoms with Crippen LogP contribution in [0.15, 0.2) is 24.3 Å². The number of ether oxygens (including phenoxy) is 1. The Morgan fingerprint density at radius 2 is 1.90 bits per heavy atom. The van der Waals surface area contributed by atoms with Gasteiger partial charge in [0.2, 0.25) is 5.91 Å². The maximum absolute atomic E-state index is 12.0. The molecule has 0 spiro atoms. The van der Waals surface area contributed by atoms with Crippen LogP contribution in [-0.4, -0.2) is 30.4 Å². The maximum atomic E-state index is 12.0. The molecule has 114 valence electrons. The average Bonchev–Trinajstić information content (AvgIpc) is 2.79. The number of benzene rings is 1. The molecule has 1 aromatic carbocycles. The first-order valence-electron chi connectivity index (χ1n) is 7.26. The summed E-state index contributed by atoms with van der Waals surface area (Å²) in [6.45, 7) is 7.52. The summed E-state index contributed by atoms with van der Waals surface area (Å²) < 4.78 is 4.72. The summed E-state index contributed by atoms with van der Waals surface area (Å²) in [5.74, 6) is -0.601. The van der Waals surface area contributed by atoms with Crippen LogP contribution in [0.5, 0.6) is 0 Å². The molecule has 4 heteroatoms. The lowest BCUT2D eigenvalue weighted by molar-refractivity contribution is -0.145. The third-order valence-corrected chi connectivity index (χ3v) is 3.94. The third kappa shape index (κ3) is 3.63. The average molecular weight is 289 g/mol. The molecule has 0 bridgehead atoms. The summed E-state index contributed by atoms with van der Waals surface area (Å²) in [4.78, 5) is 25.2. The smallest absolute Gasteiger partial charge is 0.310 e. The lowest BCUT2D eigenvalue weighted by atomic mass is 9.87. The molecule has 1 amide bonds. The van der Waals surface area contributed by atoms with E-state index in [-0.39, 0.29) is 29.6 Å². The molecule has 1 atom stereocenters. The number of nitrogens with zero attached hydrogens (tertiary/aromatic N) is 1. The van der Waals surface area contributed by atoms with Crippen molar-refractivity contribution in [1.82, 2.24) is 4.90 Å². The van der Waals surface area contributed by atoms with Crippen molar-refractivity contribution in [2.75, 3.05) is 13.7 Å². The van der Waals surface area contributed by atoms with Crippen molar-refractivity contribution in [3.63, 3.8) is 0 Å². The third-order valence-electron chi connectivity index (χ3n) is 3.94. The van der Waals surface area contributed by atoms with Crippen molar-refractivity contribution in [3.05, 3.63) is 35.4 Å². The summed E-state index contributed by atoms with van der Waals surface area (Å²) in [5.41, 5.74) is 2.48. The van der Waals surface area contributed by atoms with E-state index >= 15 is 0 Å². The Kier molecular flexibility index (Phi) is 4.35. The molecule has 0 N–H and O–H groups in total. The van der Waals surface area contributed by atoms with Crippen LogP contribution >= 0.6 is 0 Å². The van der Waals surface area contributed by atoms with E-state index in [0.29, 0.717) is 13.1 Å². The molecule has 0 saturated carbocycles. The van der Waals surface area contributed by atoms with Crippen LogP contribution in [0.25, 0.3) is 0 Å². The molecule has 1 aliphatic rings. The van der Waals surface area contributed by atoms with Gasteiger partial charge in [-0.05, 0) is 16.5 Å². The quantitative estimate of drug-likeness (QED) is 0.803. The number of hydrogen-bond acceptors (Lipinski definition) is 3. The van der Waals surface area contributed by atoms with Gasteiger partial charge in [0.15, 0.2) is 0 Å². The van der Waals surface area contributed by atoms with Gasteiger partial charge in [-0.15, -0.1) is 0 Å². The molecule has 2 rings (SSSR count). The Labute approximate surface area is 126 Å². The number of methoxy groups -OCH3 is 1. The number of hydrogen-bond donors (Lipinski definition) is 0. The van der Waals surface area contributed by atoms with Gasteiger partial charge in [0.05, 0.1) is 13.0 Å². The standard InChI is InChI=1S/C17H23NO3/c1-17(2,3)14-7-5-12(6-8-14)10-18-11-13(9-15(18)19)16(20)21-4/h5-8,13H,9-11H2,1-4H3. The minimum Gasteiger partial charge on any atom is -0.469 e. The summed E-state index contributed by atoms with van der Waals surface area (Å²) in [5, 5.41) is 0. The van der Waals surface area contributed by atoms with Crippen LogP contribution in [0, 0.1) is 5.92 Å². The number of carbonyl (C=O) groups excluding carboxylic acids is 2. The van der Waals surface area contributed by atoms with Crippen LogP contribution in [0.3, 0.4) is 0 Å². The Balaban J connectivity index is 2.02. The summed E-state index contributed by atoms with van der Waals surface area (Å²) in [6, 6.07) is 8.32. The molecule has 21 heavy (non-hydrogen) atoms. The molecule has 1 heterocycles. The Morgan fingerprint density at radius 1 is 1.29 bits per heavy atom. The fourth-order valence-electron chi connectivity index (χ4n) is 2.58. The molecule has 0 aliphatic carbocycles. The van der Waals surface area contributed by atoms with Gasteiger partial charge < -0.3 is 9.64 Å². The summed E-state index contributed by atoms with van der Waals surface area (Å²) >= 11 is 0. The highest BCUT2D eigenvalue weighted by Crippen LogP contribution is 2.24. The zero-order valence-corrected chi connectivity index (χ0v) is 13.2. The largest absolute Gasteiger partial charge is 0.469 e. The van der Waals surface area contributed by atoms with Crippen LogP contribution in [0.4, 0.5) is 0 Å². The van der Waals surface area contributed by atoms with Gasteiger partial charge in [0.25, 0.3) is 0 Å². The minimum atomic E-state index is -0.323. The molecular formula is C17H23NO3. The maximum Gasteiger partial charge on any atom is 0.310 e. The molecule has 1 fully saturated rings. The number of esters is 1. The highest BCUT2D eigenvalue weighted by atomic mass is 16.5. The van der Waals surface area contributed by atoms with Gasteiger partial charge in [0, 0.05) is 19.5 Å². The Morgan fingerprint density at radius 3 is 2.43 bits per heavy atom. The molecule has 1 aliphatic heterocycles. The first-order chi connectivity index (χ1) is 9.81. The van der Waals surface area contributed by atoms with E-state index in [2.05, 4.69) is 45.0 Å². The van der Waals surface area contributed by atoms with E-state index in [9.17, 15) is 9.59 Å². The SMILES string of the molecule is COC(=O)C1CC(=O)N(Cc2ccc(C(C)(C)C)cc2)C1. The van der Waals surface area contributed by atoms with Gasteiger partial charge in [-0.25, -0.2) is 0 Å². The van der Waals surface area contributed by atoms with Gasteiger partial charge in [-0.3, -0.25) is 9.59 Å². The van der Waals surface area contributed by atoms with Crippen molar-refractivity contribution in [3.8, 4) is 0 Å². The van der Waals surface area contributed by atoms with Crippen LogP contribution in [-0.2, 0) is 26.3 Å². The lowest BCUT2D eigenvalue weighted by Gasteiger charge is -2.20. The topological polar surface area (TPSA) is 46.6 Å². The number of likely N-dealkylation sites (tertiary alicyclic amines) is 1. The van der Waals surface area contributed by atoms with Crippen molar-refractivity contribution >= 4 is 11.9 Å². The highest BCUT2D eigenvalue weighted by Gasteiger charge is 2.34. The zero-order valence-electron chi connectivity index (χ0n) is 13.2. The monoisotopic (exact) mass is 289 g/mol. The number of rotatable bonds is 3. The highest BCUT2D eigenvalue weighted by molar-refractivity contribution is 5.86. The van der Waals surface area contributed by atoms with Crippen molar-refractivity contribution in [2.24, 2.45) is 5.92 Å². The van der Waals surface area contributed by atoms with Crippen LogP contribution in [0.1, 0.15) is 38.3 Å². The fourth-order valence-corrected chi connectivity index (χ4v) is 2.58. The number of carbonyl (C=O) groups is 2. The second-order valence-electron chi connectivity index (χ2n) is 6.65. The fraction of sp³-hybridized carbons (Fsp3) is 0.529. The Hall–Kier alpha value is -1.84. The summed E-state index contributed by atoms with van der Waals surface area (Å²) in [7, 11) is 1.36. The summed E-state index contributed by atoms with van der Waals surface area (Å²) in [6.07, 6.45) is 0.257. The van der Waals surface area contributed by atoms with E-state index in [0.717, 1.165) is 5.56 Å². The molecule has 0 aromatic heterocycles. The molecule has 1 aromatic rings.